The van der Waals surface area contributed by atoms with E-state index in [1.807, 2.05) is 18.6 Å². The van der Waals surface area contributed by atoms with E-state index in [1.165, 1.54) is 34.9 Å². The van der Waals surface area contributed by atoms with Gasteiger partial charge in [-0.3, -0.25) is 10.00 Å². The Morgan fingerprint density at radius 1 is 1.19 bits per heavy atom. The first-order valence-electron chi connectivity index (χ1n) is 7.66. The van der Waals surface area contributed by atoms with Crippen LogP contribution >= 0.6 is 0 Å². The first-order valence-corrected chi connectivity index (χ1v) is 7.66. The molecule has 0 saturated heterocycles. The number of hydrogen-bond acceptors (Lipinski definition) is 2. The number of aromatic amines is 2. The summed E-state index contributed by atoms with van der Waals surface area (Å²) in [7, 11) is 0. The van der Waals surface area contributed by atoms with Crippen LogP contribution in [0.2, 0.25) is 0 Å². The van der Waals surface area contributed by atoms with Gasteiger partial charge in [-0.1, -0.05) is 6.07 Å². The molecule has 4 nitrogen and oxygen atoms in total. The van der Waals surface area contributed by atoms with E-state index in [1.54, 1.807) is 0 Å². The maximum Gasteiger partial charge on any atom is 0.0519 e. The lowest BCUT2D eigenvalue weighted by Gasteiger charge is -2.21. The number of benzene rings is 1. The Balaban J connectivity index is 1.46. The van der Waals surface area contributed by atoms with Crippen molar-refractivity contribution < 1.29 is 0 Å². The van der Waals surface area contributed by atoms with Crippen molar-refractivity contribution in [2.45, 2.75) is 31.8 Å². The standard InChI is InChI=1S/C17H20N4/c1-4-17-15(5-7-18-17)9-13(1)12-21(16-2-3-16)8-6-14-10-19-20-11-14/h1,4-5,7,9-11,16,18H,2-3,6,8,12H2,(H,19,20). The molecule has 1 aromatic carbocycles. The van der Waals surface area contributed by atoms with Crippen LogP contribution < -0.4 is 0 Å². The van der Waals surface area contributed by atoms with Gasteiger partial charge in [-0.15, -0.1) is 0 Å². The molecule has 1 aliphatic rings. The fourth-order valence-electron chi connectivity index (χ4n) is 2.95. The largest absolute Gasteiger partial charge is 0.361 e. The number of fused-ring (bicyclic) bond motifs is 1. The van der Waals surface area contributed by atoms with Crippen molar-refractivity contribution in [3.63, 3.8) is 0 Å². The normalized spacial score (nSPS) is 15.1. The van der Waals surface area contributed by atoms with E-state index in [-0.39, 0.29) is 0 Å². The monoisotopic (exact) mass is 280 g/mol. The highest BCUT2D eigenvalue weighted by Crippen LogP contribution is 2.29. The smallest absolute Gasteiger partial charge is 0.0519 e. The summed E-state index contributed by atoms with van der Waals surface area (Å²) in [5.74, 6) is 0. The lowest BCUT2D eigenvalue weighted by molar-refractivity contribution is 0.258. The summed E-state index contributed by atoms with van der Waals surface area (Å²) in [6.45, 7) is 2.15. The van der Waals surface area contributed by atoms with Crippen LogP contribution in [0, 0.1) is 0 Å². The Labute approximate surface area is 124 Å². The minimum absolute atomic E-state index is 0.777. The molecule has 108 valence electrons. The Hall–Kier alpha value is -2.07. The van der Waals surface area contributed by atoms with Crippen LogP contribution in [0.4, 0.5) is 0 Å². The predicted molar refractivity (Wildman–Crippen MR) is 84.0 cm³/mol. The van der Waals surface area contributed by atoms with E-state index in [0.717, 1.165) is 25.6 Å². The zero-order valence-corrected chi connectivity index (χ0v) is 12.0. The first-order chi connectivity index (χ1) is 10.4. The molecule has 0 unspecified atom stereocenters. The van der Waals surface area contributed by atoms with E-state index in [2.05, 4.69) is 44.3 Å². The highest BCUT2D eigenvalue weighted by atomic mass is 15.2. The van der Waals surface area contributed by atoms with Crippen molar-refractivity contribution in [3.8, 4) is 0 Å². The maximum absolute atomic E-state index is 4.03. The van der Waals surface area contributed by atoms with Crippen molar-refractivity contribution in [2.75, 3.05) is 6.54 Å². The molecular formula is C17H20N4. The summed E-state index contributed by atoms with van der Waals surface area (Å²) in [6, 6.07) is 9.65. The third-order valence-corrected chi connectivity index (χ3v) is 4.31. The molecule has 1 saturated carbocycles. The summed E-state index contributed by atoms with van der Waals surface area (Å²) >= 11 is 0. The molecule has 4 rings (SSSR count). The number of hydrogen-bond donors (Lipinski definition) is 2. The summed E-state index contributed by atoms with van der Waals surface area (Å²) < 4.78 is 0. The molecule has 2 heterocycles. The van der Waals surface area contributed by atoms with E-state index in [0.29, 0.717) is 0 Å². The predicted octanol–water partition coefficient (Wildman–Crippen LogP) is 3.10. The molecule has 4 heteroatoms. The number of aromatic nitrogens is 3. The average molecular weight is 280 g/mol. The third-order valence-electron chi connectivity index (χ3n) is 4.31. The van der Waals surface area contributed by atoms with Crippen LogP contribution in [0.5, 0.6) is 0 Å². The molecule has 3 aromatic rings. The van der Waals surface area contributed by atoms with Crippen LogP contribution in [0.3, 0.4) is 0 Å². The summed E-state index contributed by atoms with van der Waals surface area (Å²) in [5.41, 5.74) is 3.91. The van der Waals surface area contributed by atoms with Gasteiger partial charge in [0.25, 0.3) is 0 Å². The average Bonchev–Trinajstić information content (AvgIpc) is 3.01. The molecular weight excluding hydrogens is 260 g/mol. The van der Waals surface area contributed by atoms with E-state index < -0.39 is 0 Å². The number of nitrogens with one attached hydrogen (secondary N) is 2. The maximum atomic E-state index is 4.03. The molecule has 0 spiro atoms. The summed E-state index contributed by atoms with van der Waals surface area (Å²) in [6.07, 6.45) is 9.69. The van der Waals surface area contributed by atoms with Gasteiger partial charge in [0.15, 0.2) is 0 Å². The van der Waals surface area contributed by atoms with Gasteiger partial charge < -0.3 is 4.98 Å². The topological polar surface area (TPSA) is 47.7 Å². The fraction of sp³-hybridized carbons (Fsp3) is 0.353. The zero-order valence-electron chi connectivity index (χ0n) is 12.0. The van der Waals surface area contributed by atoms with Crippen molar-refractivity contribution in [3.05, 3.63) is 54.0 Å². The van der Waals surface area contributed by atoms with E-state index in [9.17, 15) is 0 Å². The fourth-order valence-corrected chi connectivity index (χ4v) is 2.95. The first kappa shape index (κ1) is 12.7. The van der Waals surface area contributed by atoms with Crippen molar-refractivity contribution in [2.24, 2.45) is 0 Å². The van der Waals surface area contributed by atoms with Crippen molar-refractivity contribution in [1.82, 2.24) is 20.1 Å². The SMILES string of the molecule is c1cc2cc(CN(CCc3cn[nH]c3)C3CC3)ccc2[nH]1. The van der Waals surface area contributed by atoms with Crippen LogP contribution in [-0.2, 0) is 13.0 Å². The van der Waals surface area contributed by atoms with Crippen LogP contribution in [0.25, 0.3) is 10.9 Å². The zero-order chi connectivity index (χ0) is 14.1. The minimum atomic E-state index is 0.777. The van der Waals surface area contributed by atoms with Crippen LogP contribution in [-0.4, -0.2) is 32.7 Å². The van der Waals surface area contributed by atoms with Crippen molar-refractivity contribution >= 4 is 10.9 Å². The molecule has 0 atom stereocenters. The molecule has 0 radical (unpaired) electrons. The minimum Gasteiger partial charge on any atom is -0.361 e. The molecule has 21 heavy (non-hydrogen) atoms. The quantitative estimate of drug-likeness (QED) is 0.729. The highest BCUT2D eigenvalue weighted by molar-refractivity contribution is 5.79. The van der Waals surface area contributed by atoms with Gasteiger partial charge >= 0.3 is 0 Å². The Bertz CT molecular complexity index is 709. The highest BCUT2D eigenvalue weighted by Gasteiger charge is 2.28. The Kier molecular flexibility index (Phi) is 3.24. The number of rotatable bonds is 6. The molecule has 2 N–H and O–H groups in total. The summed E-state index contributed by atoms with van der Waals surface area (Å²) in [5, 5.41) is 8.22. The van der Waals surface area contributed by atoms with Gasteiger partial charge in [-0.2, -0.15) is 5.10 Å². The lowest BCUT2D eigenvalue weighted by Crippen LogP contribution is -2.27. The van der Waals surface area contributed by atoms with Crippen molar-refractivity contribution in [1.29, 1.82) is 0 Å². The van der Waals surface area contributed by atoms with E-state index in [4.69, 9.17) is 0 Å². The summed E-state index contributed by atoms with van der Waals surface area (Å²) in [4.78, 5) is 5.87. The molecule has 1 fully saturated rings. The molecule has 2 aromatic heterocycles. The van der Waals surface area contributed by atoms with Gasteiger partial charge in [-0.25, -0.2) is 0 Å². The molecule has 0 bridgehead atoms. The van der Waals surface area contributed by atoms with Crippen LogP contribution in [0.15, 0.2) is 42.9 Å². The van der Waals surface area contributed by atoms with Gasteiger partial charge in [0.2, 0.25) is 0 Å². The second-order valence-electron chi connectivity index (χ2n) is 5.96. The second kappa shape index (κ2) is 5.37. The van der Waals surface area contributed by atoms with Gasteiger partial charge in [0.05, 0.1) is 6.20 Å². The molecule has 1 aliphatic carbocycles. The van der Waals surface area contributed by atoms with Crippen LogP contribution in [0.1, 0.15) is 24.0 Å². The van der Waals surface area contributed by atoms with Gasteiger partial charge in [-0.05, 0) is 54.0 Å². The molecule has 0 amide bonds. The Morgan fingerprint density at radius 2 is 2.14 bits per heavy atom. The third kappa shape index (κ3) is 2.85. The lowest BCUT2D eigenvalue weighted by atomic mass is 10.1. The number of nitrogens with zero attached hydrogens (tertiary/aromatic N) is 2. The van der Waals surface area contributed by atoms with E-state index >= 15 is 0 Å². The molecule has 0 aliphatic heterocycles. The number of H-pyrrole nitrogens is 2. The Morgan fingerprint density at radius 3 is 2.95 bits per heavy atom. The van der Waals surface area contributed by atoms with Gasteiger partial charge in [0.1, 0.15) is 0 Å². The van der Waals surface area contributed by atoms with Gasteiger partial charge in [0, 0.05) is 37.0 Å². The second-order valence-corrected chi connectivity index (χ2v) is 5.96.